The number of hydrogen-bond donors (Lipinski definition) is 1. The Morgan fingerprint density at radius 3 is 2.38 bits per heavy atom. The van der Waals surface area contributed by atoms with Gasteiger partial charge in [0.25, 0.3) is 0 Å². The molecule has 0 aromatic heterocycles. The smallest absolute Gasteiger partial charge is 0.228 e. The van der Waals surface area contributed by atoms with Crippen LogP contribution in [0, 0.1) is 0 Å². The second-order valence-electron chi connectivity index (χ2n) is 8.32. The number of carbonyl (C=O) groups is 1. The van der Waals surface area contributed by atoms with E-state index in [-0.39, 0.29) is 5.91 Å². The minimum absolute atomic E-state index is 0.244. The Bertz CT molecular complexity index is 926. The number of hydrogen-bond acceptors (Lipinski definition) is 4. The predicted octanol–water partition coefficient (Wildman–Crippen LogP) is 3.15. The van der Waals surface area contributed by atoms with Gasteiger partial charge in [-0.15, -0.1) is 0 Å². The molecule has 1 amide bonds. The van der Waals surface area contributed by atoms with Gasteiger partial charge in [-0.1, -0.05) is 36.4 Å². The van der Waals surface area contributed by atoms with Gasteiger partial charge >= 0.3 is 0 Å². The van der Waals surface area contributed by atoms with Gasteiger partial charge in [-0.05, 0) is 54.0 Å². The zero-order valence-corrected chi connectivity index (χ0v) is 17.3. The van der Waals surface area contributed by atoms with Crippen LogP contribution in [0.5, 0.6) is 0 Å². The molecule has 0 saturated carbocycles. The normalized spacial score (nSPS) is 17.5. The summed E-state index contributed by atoms with van der Waals surface area (Å²) in [5.74, 6) is 0.871. The molecule has 4 rings (SSSR count). The Balaban J connectivity index is 1.42. The number of ether oxygens (including phenoxy) is 1. The van der Waals surface area contributed by atoms with Gasteiger partial charge in [0, 0.05) is 33.7 Å². The van der Waals surface area contributed by atoms with Gasteiger partial charge in [0.2, 0.25) is 5.91 Å². The van der Waals surface area contributed by atoms with E-state index < -0.39 is 5.41 Å². The fourth-order valence-electron chi connectivity index (χ4n) is 4.33. The standard InChI is InChI=1S/C24H29N3O2/c1-27(2)22-16-19-15-18(7-10-21(19)26-22)4-3-17-5-8-20(9-6-17)24(23(25)28)11-13-29-14-12-24/h5-10,15H,3-4,11-14,16H2,1-2H3,(H2,25,28). The quantitative estimate of drug-likeness (QED) is 0.851. The van der Waals surface area contributed by atoms with Crippen LogP contribution in [-0.4, -0.2) is 44.0 Å². The third kappa shape index (κ3) is 3.92. The van der Waals surface area contributed by atoms with E-state index in [0.717, 1.165) is 36.3 Å². The summed E-state index contributed by atoms with van der Waals surface area (Å²) in [5, 5.41) is 0. The SMILES string of the molecule is CN(C)C1=Nc2ccc(CCc3ccc(C4(C(N)=O)CCOCC4)cc3)cc2C1. The van der Waals surface area contributed by atoms with Crippen LogP contribution in [-0.2, 0) is 34.2 Å². The number of primary amides is 1. The number of benzene rings is 2. The van der Waals surface area contributed by atoms with E-state index in [1.807, 2.05) is 14.1 Å². The van der Waals surface area contributed by atoms with Gasteiger partial charge in [-0.2, -0.15) is 0 Å². The molecule has 0 spiro atoms. The number of aliphatic imine (C=N–C) groups is 1. The first kappa shape index (κ1) is 19.6. The second kappa shape index (κ2) is 7.99. The molecule has 0 atom stereocenters. The van der Waals surface area contributed by atoms with Crippen molar-refractivity contribution in [3.05, 3.63) is 64.7 Å². The van der Waals surface area contributed by atoms with Gasteiger partial charge in [-0.3, -0.25) is 4.79 Å². The molecular weight excluding hydrogens is 362 g/mol. The summed E-state index contributed by atoms with van der Waals surface area (Å²) in [6.07, 6.45) is 4.18. The third-order valence-electron chi connectivity index (χ3n) is 6.29. The summed E-state index contributed by atoms with van der Waals surface area (Å²) in [6, 6.07) is 15.0. The molecule has 2 N–H and O–H groups in total. The monoisotopic (exact) mass is 391 g/mol. The van der Waals surface area contributed by atoms with Crippen LogP contribution in [0.15, 0.2) is 47.5 Å². The lowest BCUT2D eigenvalue weighted by Crippen LogP contribution is -2.45. The van der Waals surface area contributed by atoms with Gasteiger partial charge in [0.05, 0.1) is 11.1 Å². The van der Waals surface area contributed by atoms with Gasteiger partial charge in [0.15, 0.2) is 0 Å². The summed E-state index contributed by atoms with van der Waals surface area (Å²) in [6.45, 7) is 1.17. The van der Waals surface area contributed by atoms with Crippen LogP contribution in [0.1, 0.15) is 35.1 Å². The minimum atomic E-state index is -0.582. The Hall–Kier alpha value is -2.66. The van der Waals surface area contributed by atoms with E-state index in [4.69, 9.17) is 10.5 Å². The lowest BCUT2D eigenvalue weighted by atomic mass is 9.73. The number of amides is 1. The molecule has 0 radical (unpaired) electrons. The van der Waals surface area contributed by atoms with Crippen molar-refractivity contribution in [2.75, 3.05) is 27.3 Å². The molecule has 2 aliphatic heterocycles. The van der Waals surface area contributed by atoms with Crippen molar-refractivity contribution in [1.29, 1.82) is 0 Å². The zero-order chi connectivity index (χ0) is 20.4. The van der Waals surface area contributed by atoms with E-state index in [9.17, 15) is 4.79 Å². The predicted molar refractivity (Wildman–Crippen MR) is 116 cm³/mol. The van der Waals surface area contributed by atoms with Crippen molar-refractivity contribution in [2.24, 2.45) is 10.7 Å². The highest BCUT2D eigenvalue weighted by Gasteiger charge is 2.40. The van der Waals surface area contributed by atoms with Crippen molar-refractivity contribution in [1.82, 2.24) is 4.90 Å². The highest BCUT2D eigenvalue weighted by molar-refractivity contribution is 5.92. The Morgan fingerprint density at radius 1 is 1.07 bits per heavy atom. The molecule has 2 aromatic rings. The molecule has 2 heterocycles. The van der Waals surface area contributed by atoms with Crippen LogP contribution in [0.25, 0.3) is 0 Å². The molecule has 1 fully saturated rings. The number of nitrogens with zero attached hydrogens (tertiary/aromatic N) is 2. The third-order valence-corrected chi connectivity index (χ3v) is 6.29. The number of aryl methyl sites for hydroxylation is 2. The van der Waals surface area contributed by atoms with Crippen molar-refractivity contribution in [3.8, 4) is 0 Å². The lowest BCUT2D eigenvalue weighted by molar-refractivity contribution is -0.127. The Kier molecular flexibility index (Phi) is 5.41. The average molecular weight is 392 g/mol. The van der Waals surface area contributed by atoms with Crippen LogP contribution in [0.2, 0.25) is 0 Å². The van der Waals surface area contributed by atoms with Gasteiger partial charge in [-0.25, -0.2) is 4.99 Å². The number of carbonyl (C=O) groups excluding carboxylic acids is 1. The summed E-state index contributed by atoms with van der Waals surface area (Å²) < 4.78 is 5.44. The lowest BCUT2D eigenvalue weighted by Gasteiger charge is -2.34. The van der Waals surface area contributed by atoms with Crippen LogP contribution in [0.3, 0.4) is 0 Å². The van der Waals surface area contributed by atoms with E-state index in [1.54, 1.807) is 0 Å². The number of nitrogens with two attached hydrogens (primary N) is 1. The van der Waals surface area contributed by atoms with Crippen molar-refractivity contribution in [2.45, 2.75) is 37.5 Å². The molecule has 0 aliphatic carbocycles. The second-order valence-corrected chi connectivity index (χ2v) is 8.32. The molecule has 29 heavy (non-hydrogen) atoms. The van der Waals surface area contributed by atoms with Gasteiger partial charge in [0.1, 0.15) is 5.84 Å². The fraction of sp³-hybridized carbons (Fsp3) is 0.417. The maximum Gasteiger partial charge on any atom is 0.228 e. The number of rotatable bonds is 5. The maximum atomic E-state index is 12.2. The molecule has 1 saturated heterocycles. The summed E-state index contributed by atoms with van der Waals surface area (Å²) in [4.78, 5) is 18.9. The first-order valence-corrected chi connectivity index (χ1v) is 10.3. The molecule has 2 aliphatic rings. The molecule has 0 unspecified atom stereocenters. The zero-order valence-electron chi connectivity index (χ0n) is 17.3. The summed E-state index contributed by atoms with van der Waals surface area (Å²) >= 11 is 0. The van der Waals surface area contributed by atoms with E-state index in [2.05, 4.69) is 52.4 Å². The van der Waals surface area contributed by atoms with E-state index in [0.29, 0.717) is 26.1 Å². The Morgan fingerprint density at radius 2 is 1.72 bits per heavy atom. The minimum Gasteiger partial charge on any atom is -0.381 e. The van der Waals surface area contributed by atoms with Crippen molar-refractivity contribution in [3.63, 3.8) is 0 Å². The average Bonchev–Trinajstić information content (AvgIpc) is 3.17. The molecule has 2 aromatic carbocycles. The number of fused-ring (bicyclic) bond motifs is 1. The summed E-state index contributed by atoms with van der Waals surface area (Å²) in [5.41, 5.74) is 11.2. The first-order valence-electron chi connectivity index (χ1n) is 10.3. The van der Waals surface area contributed by atoms with E-state index >= 15 is 0 Å². The number of amidine groups is 1. The topological polar surface area (TPSA) is 67.9 Å². The van der Waals surface area contributed by atoms with E-state index in [1.165, 1.54) is 16.7 Å². The molecule has 0 bridgehead atoms. The highest BCUT2D eigenvalue weighted by atomic mass is 16.5. The number of likely N-dealkylation sites (N-methyl/N-ethyl adjacent to an activating group) is 1. The summed E-state index contributed by atoms with van der Waals surface area (Å²) in [7, 11) is 4.08. The van der Waals surface area contributed by atoms with Crippen LogP contribution < -0.4 is 5.73 Å². The largest absolute Gasteiger partial charge is 0.381 e. The van der Waals surface area contributed by atoms with Crippen molar-refractivity contribution >= 4 is 17.4 Å². The Labute approximate surface area is 172 Å². The fourth-order valence-corrected chi connectivity index (χ4v) is 4.33. The maximum absolute atomic E-state index is 12.2. The highest BCUT2D eigenvalue weighted by Crippen LogP contribution is 2.35. The van der Waals surface area contributed by atoms with Crippen molar-refractivity contribution < 1.29 is 9.53 Å². The molecule has 5 nitrogen and oxygen atoms in total. The van der Waals surface area contributed by atoms with Crippen LogP contribution >= 0.6 is 0 Å². The first-order chi connectivity index (χ1) is 14.0. The molecule has 5 heteroatoms. The van der Waals surface area contributed by atoms with Gasteiger partial charge < -0.3 is 15.4 Å². The molecule has 152 valence electrons. The van der Waals surface area contributed by atoms with Crippen LogP contribution in [0.4, 0.5) is 5.69 Å². The molecular formula is C24H29N3O2.